The topological polar surface area (TPSA) is 15.3 Å². The van der Waals surface area contributed by atoms with Crippen molar-refractivity contribution < 1.29 is 0 Å². The summed E-state index contributed by atoms with van der Waals surface area (Å²) in [6.07, 6.45) is 4.23. The van der Waals surface area contributed by atoms with Crippen molar-refractivity contribution in [3.05, 3.63) is 0 Å². The van der Waals surface area contributed by atoms with Crippen molar-refractivity contribution in [2.75, 3.05) is 26.2 Å². The quantitative estimate of drug-likeness (QED) is 0.775. The number of nitrogens with zero attached hydrogens (tertiary/aromatic N) is 1. The van der Waals surface area contributed by atoms with Gasteiger partial charge in [0.25, 0.3) is 0 Å². The van der Waals surface area contributed by atoms with Gasteiger partial charge in [0.1, 0.15) is 0 Å². The van der Waals surface area contributed by atoms with Crippen molar-refractivity contribution in [1.82, 2.24) is 10.2 Å². The second kappa shape index (κ2) is 7.29. The first-order valence-electron chi connectivity index (χ1n) is 7.05. The van der Waals surface area contributed by atoms with Crippen LogP contribution < -0.4 is 5.32 Å². The first-order chi connectivity index (χ1) is 7.59. The van der Waals surface area contributed by atoms with Crippen LogP contribution in [0, 0.1) is 11.8 Å². The monoisotopic (exact) mass is 226 g/mol. The van der Waals surface area contributed by atoms with Crippen molar-refractivity contribution in [2.24, 2.45) is 11.8 Å². The summed E-state index contributed by atoms with van der Waals surface area (Å²) >= 11 is 0. The Hall–Kier alpha value is -0.0800. The van der Waals surface area contributed by atoms with Gasteiger partial charge in [-0.25, -0.2) is 0 Å². The van der Waals surface area contributed by atoms with Crippen LogP contribution in [0.15, 0.2) is 0 Å². The molecule has 1 saturated heterocycles. The fraction of sp³-hybridized carbons (Fsp3) is 1.00. The molecular weight excluding hydrogens is 196 g/mol. The Morgan fingerprint density at radius 2 is 1.88 bits per heavy atom. The molecule has 1 aliphatic heterocycles. The fourth-order valence-corrected chi connectivity index (χ4v) is 2.58. The molecule has 1 atom stereocenters. The molecule has 16 heavy (non-hydrogen) atoms. The van der Waals surface area contributed by atoms with Gasteiger partial charge in [-0.3, -0.25) is 0 Å². The van der Waals surface area contributed by atoms with Crippen LogP contribution in [0.1, 0.15) is 47.0 Å². The summed E-state index contributed by atoms with van der Waals surface area (Å²) in [4.78, 5) is 2.64. The summed E-state index contributed by atoms with van der Waals surface area (Å²) < 4.78 is 0. The molecule has 0 spiro atoms. The Kier molecular flexibility index (Phi) is 6.37. The standard InChI is InChI=1S/C14H30N2/c1-12(2)14-6-5-9-16(10-7-14)11-8-15-13(3)4/h12-15H,5-11H2,1-4H3. The lowest BCUT2D eigenvalue weighted by atomic mass is 9.89. The van der Waals surface area contributed by atoms with E-state index < -0.39 is 0 Å². The average Bonchev–Trinajstić information content (AvgIpc) is 2.42. The highest BCUT2D eigenvalue weighted by Crippen LogP contribution is 2.24. The normalized spacial score (nSPS) is 24.0. The minimum atomic E-state index is 0.621. The van der Waals surface area contributed by atoms with Crippen LogP contribution >= 0.6 is 0 Å². The van der Waals surface area contributed by atoms with E-state index in [1.165, 1.54) is 38.9 Å². The average molecular weight is 226 g/mol. The molecule has 0 aromatic rings. The van der Waals surface area contributed by atoms with E-state index in [2.05, 4.69) is 37.9 Å². The minimum absolute atomic E-state index is 0.621. The Labute approximate surface area is 102 Å². The van der Waals surface area contributed by atoms with Crippen molar-refractivity contribution in [3.8, 4) is 0 Å². The molecule has 1 aliphatic rings. The van der Waals surface area contributed by atoms with E-state index in [-0.39, 0.29) is 0 Å². The van der Waals surface area contributed by atoms with Crippen molar-refractivity contribution in [1.29, 1.82) is 0 Å². The number of hydrogen-bond acceptors (Lipinski definition) is 2. The molecule has 0 aliphatic carbocycles. The molecule has 1 unspecified atom stereocenters. The predicted molar refractivity (Wildman–Crippen MR) is 71.8 cm³/mol. The molecule has 1 heterocycles. The van der Waals surface area contributed by atoms with Gasteiger partial charge in [0.05, 0.1) is 0 Å². The van der Waals surface area contributed by atoms with Gasteiger partial charge < -0.3 is 10.2 Å². The third kappa shape index (κ3) is 5.31. The molecule has 0 bridgehead atoms. The zero-order chi connectivity index (χ0) is 12.0. The van der Waals surface area contributed by atoms with E-state index in [1.54, 1.807) is 0 Å². The zero-order valence-corrected chi connectivity index (χ0v) is 11.6. The van der Waals surface area contributed by atoms with E-state index in [0.717, 1.165) is 18.4 Å². The van der Waals surface area contributed by atoms with Gasteiger partial charge >= 0.3 is 0 Å². The molecule has 0 saturated carbocycles. The van der Waals surface area contributed by atoms with Crippen LogP contribution in [0.25, 0.3) is 0 Å². The molecular formula is C14H30N2. The summed E-state index contributed by atoms with van der Waals surface area (Å²) in [6.45, 7) is 14.2. The largest absolute Gasteiger partial charge is 0.313 e. The number of nitrogens with one attached hydrogen (secondary N) is 1. The van der Waals surface area contributed by atoms with Gasteiger partial charge in [-0.15, -0.1) is 0 Å². The third-order valence-corrected chi connectivity index (χ3v) is 3.79. The SMILES string of the molecule is CC(C)NCCN1CCCC(C(C)C)CC1. The van der Waals surface area contributed by atoms with Gasteiger partial charge in [0.15, 0.2) is 0 Å². The summed E-state index contributed by atoms with van der Waals surface area (Å²) in [5, 5.41) is 3.51. The summed E-state index contributed by atoms with van der Waals surface area (Å²) in [5.41, 5.74) is 0. The van der Waals surface area contributed by atoms with Gasteiger partial charge in [-0.2, -0.15) is 0 Å². The number of rotatable bonds is 5. The lowest BCUT2D eigenvalue weighted by Crippen LogP contribution is -2.35. The highest BCUT2D eigenvalue weighted by Gasteiger charge is 2.18. The second-order valence-electron chi connectivity index (χ2n) is 5.89. The van der Waals surface area contributed by atoms with Crippen LogP contribution in [0.4, 0.5) is 0 Å². The van der Waals surface area contributed by atoms with Crippen molar-refractivity contribution >= 4 is 0 Å². The summed E-state index contributed by atoms with van der Waals surface area (Å²) in [7, 11) is 0. The van der Waals surface area contributed by atoms with E-state index in [9.17, 15) is 0 Å². The molecule has 0 radical (unpaired) electrons. The first kappa shape index (κ1) is 14.0. The van der Waals surface area contributed by atoms with Gasteiger partial charge in [0.2, 0.25) is 0 Å². The zero-order valence-electron chi connectivity index (χ0n) is 11.6. The number of likely N-dealkylation sites (tertiary alicyclic amines) is 1. The maximum absolute atomic E-state index is 3.51. The van der Waals surface area contributed by atoms with E-state index in [0.29, 0.717) is 6.04 Å². The molecule has 0 amide bonds. The predicted octanol–water partition coefficient (Wildman–Crippen LogP) is 2.74. The maximum atomic E-state index is 3.51. The van der Waals surface area contributed by atoms with Crippen LogP contribution in [0.3, 0.4) is 0 Å². The molecule has 0 aromatic heterocycles. The smallest absolute Gasteiger partial charge is 0.0107 e. The second-order valence-corrected chi connectivity index (χ2v) is 5.89. The molecule has 0 aromatic carbocycles. The fourth-order valence-electron chi connectivity index (χ4n) is 2.58. The van der Waals surface area contributed by atoms with Gasteiger partial charge in [0, 0.05) is 19.1 Å². The molecule has 2 nitrogen and oxygen atoms in total. The lowest BCUT2D eigenvalue weighted by Gasteiger charge is -2.22. The first-order valence-corrected chi connectivity index (χ1v) is 7.05. The highest BCUT2D eigenvalue weighted by atomic mass is 15.1. The van der Waals surface area contributed by atoms with Crippen LogP contribution in [-0.4, -0.2) is 37.1 Å². The Morgan fingerprint density at radius 3 is 2.50 bits per heavy atom. The van der Waals surface area contributed by atoms with E-state index >= 15 is 0 Å². The Balaban J connectivity index is 2.20. The molecule has 1 N–H and O–H groups in total. The molecule has 2 heteroatoms. The highest BCUT2D eigenvalue weighted by molar-refractivity contribution is 4.72. The van der Waals surface area contributed by atoms with E-state index in [4.69, 9.17) is 0 Å². The van der Waals surface area contributed by atoms with Crippen molar-refractivity contribution in [3.63, 3.8) is 0 Å². The lowest BCUT2D eigenvalue weighted by molar-refractivity contribution is 0.269. The maximum Gasteiger partial charge on any atom is 0.0107 e. The number of hydrogen-bond donors (Lipinski definition) is 1. The van der Waals surface area contributed by atoms with Crippen LogP contribution in [0.2, 0.25) is 0 Å². The van der Waals surface area contributed by atoms with Crippen LogP contribution in [-0.2, 0) is 0 Å². The van der Waals surface area contributed by atoms with Gasteiger partial charge in [-0.1, -0.05) is 27.7 Å². The van der Waals surface area contributed by atoms with Crippen molar-refractivity contribution in [2.45, 2.75) is 53.0 Å². The molecule has 1 rings (SSSR count). The molecule has 96 valence electrons. The Bertz CT molecular complexity index is 178. The molecule has 1 fully saturated rings. The summed E-state index contributed by atoms with van der Waals surface area (Å²) in [6, 6.07) is 0.621. The Morgan fingerprint density at radius 1 is 1.12 bits per heavy atom. The van der Waals surface area contributed by atoms with Gasteiger partial charge in [-0.05, 0) is 44.2 Å². The summed E-state index contributed by atoms with van der Waals surface area (Å²) in [5.74, 6) is 1.83. The minimum Gasteiger partial charge on any atom is -0.313 e. The van der Waals surface area contributed by atoms with Crippen LogP contribution in [0.5, 0.6) is 0 Å². The third-order valence-electron chi connectivity index (χ3n) is 3.79. The van der Waals surface area contributed by atoms with E-state index in [1.807, 2.05) is 0 Å².